The Labute approximate surface area is 152 Å². The van der Waals surface area contributed by atoms with Crippen LogP contribution in [0.4, 0.5) is 0 Å². The van der Waals surface area contributed by atoms with Gasteiger partial charge < -0.3 is 5.32 Å². The zero-order valence-corrected chi connectivity index (χ0v) is 17.2. The molecule has 1 N–H and O–H groups in total. The monoisotopic (exact) mass is 339 g/mol. The Morgan fingerprint density at radius 3 is 1.54 bits per heavy atom. The van der Waals surface area contributed by atoms with Gasteiger partial charge in [0.15, 0.2) is 0 Å². The maximum atomic E-state index is 11.7. The maximum absolute atomic E-state index is 11.7. The minimum Gasteiger partial charge on any atom is -0.356 e. The lowest BCUT2D eigenvalue weighted by Gasteiger charge is -2.07. The third kappa shape index (κ3) is 19.5. The Hall–Kier alpha value is -0.530. The molecule has 0 heterocycles. The van der Waals surface area contributed by atoms with E-state index in [2.05, 4.69) is 33.0 Å². The molecule has 0 unspecified atom stereocenters. The average Bonchev–Trinajstić information content (AvgIpc) is 2.51. The van der Waals surface area contributed by atoms with Gasteiger partial charge in [-0.05, 0) is 24.7 Å². The molecule has 0 aromatic rings. The number of nitrogens with one attached hydrogen (secondary N) is 1. The molecule has 0 aromatic carbocycles. The minimum atomic E-state index is 0.258. The molecule has 0 aliphatic carbocycles. The van der Waals surface area contributed by atoms with Crippen molar-refractivity contribution >= 4 is 5.91 Å². The molecule has 0 aliphatic heterocycles. The van der Waals surface area contributed by atoms with Crippen molar-refractivity contribution in [2.75, 3.05) is 6.54 Å². The summed E-state index contributed by atoms with van der Waals surface area (Å²) in [5, 5.41) is 3.07. The van der Waals surface area contributed by atoms with Crippen molar-refractivity contribution in [3.63, 3.8) is 0 Å². The van der Waals surface area contributed by atoms with Crippen LogP contribution in [-0.2, 0) is 4.79 Å². The van der Waals surface area contributed by atoms with Gasteiger partial charge in [-0.15, -0.1) is 0 Å². The summed E-state index contributed by atoms with van der Waals surface area (Å²) in [6.07, 6.45) is 17.5. The van der Waals surface area contributed by atoms with Gasteiger partial charge in [-0.1, -0.05) is 98.3 Å². The highest BCUT2D eigenvalue weighted by molar-refractivity contribution is 5.75. The van der Waals surface area contributed by atoms with Gasteiger partial charge in [-0.3, -0.25) is 4.79 Å². The Morgan fingerprint density at radius 2 is 1.04 bits per heavy atom. The summed E-state index contributed by atoms with van der Waals surface area (Å²) < 4.78 is 0. The summed E-state index contributed by atoms with van der Waals surface area (Å²) in [6.45, 7) is 10.0. The lowest BCUT2D eigenvalue weighted by Crippen LogP contribution is -2.23. The number of carbonyl (C=O) groups is 1. The second-order valence-electron chi connectivity index (χ2n) is 8.35. The molecular weight excluding hydrogens is 294 g/mol. The van der Waals surface area contributed by atoms with Crippen LogP contribution in [0.15, 0.2) is 0 Å². The van der Waals surface area contributed by atoms with Gasteiger partial charge in [0.1, 0.15) is 0 Å². The van der Waals surface area contributed by atoms with Crippen molar-refractivity contribution in [3.8, 4) is 0 Å². The van der Waals surface area contributed by atoms with Gasteiger partial charge in [0, 0.05) is 13.0 Å². The Kier molecular flexibility index (Phi) is 16.9. The molecular formula is C22H45NO. The van der Waals surface area contributed by atoms with Crippen molar-refractivity contribution in [1.82, 2.24) is 5.32 Å². The molecule has 24 heavy (non-hydrogen) atoms. The van der Waals surface area contributed by atoms with Crippen LogP contribution in [-0.4, -0.2) is 12.5 Å². The van der Waals surface area contributed by atoms with Crippen molar-refractivity contribution < 1.29 is 4.79 Å². The van der Waals surface area contributed by atoms with E-state index >= 15 is 0 Å². The predicted molar refractivity (Wildman–Crippen MR) is 107 cm³/mol. The number of carbonyl (C=O) groups excluding carboxylic acids is 1. The van der Waals surface area contributed by atoms with Gasteiger partial charge in [0.05, 0.1) is 0 Å². The normalized spacial score (nSPS) is 11.4. The van der Waals surface area contributed by atoms with E-state index in [-0.39, 0.29) is 5.91 Å². The molecule has 144 valence electrons. The van der Waals surface area contributed by atoms with E-state index in [1.165, 1.54) is 70.6 Å². The number of unbranched alkanes of at least 4 members (excludes halogenated alkanes) is 9. The first-order valence-electron chi connectivity index (χ1n) is 10.8. The lowest BCUT2D eigenvalue weighted by atomic mass is 10.0. The number of amides is 1. The summed E-state index contributed by atoms with van der Waals surface area (Å²) in [7, 11) is 0. The Balaban J connectivity index is 3.18. The van der Waals surface area contributed by atoms with Gasteiger partial charge in [-0.2, -0.15) is 0 Å². The highest BCUT2D eigenvalue weighted by atomic mass is 16.1. The van der Waals surface area contributed by atoms with E-state index in [4.69, 9.17) is 0 Å². The molecule has 2 nitrogen and oxygen atoms in total. The second-order valence-corrected chi connectivity index (χ2v) is 8.35. The summed E-state index contributed by atoms with van der Waals surface area (Å²) in [4.78, 5) is 11.7. The van der Waals surface area contributed by atoms with E-state index in [9.17, 15) is 4.79 Å². The standard InChI is InChI=1S/C22H45NO/c1-20(2)16-12-8-6-5-7-9-14-18-22(24)23-19-15-11-10-13-17-21(3)4/h20-21H,5-19H2,1-4H3,(H,23,24). The highest BCUT2D eigenvalue weighted by Crippen LogP contribution is 2.12. The van der Waals surface area contributed by atoms with Crippen molar-refractivity contribution in [1.29, 1.82) is 0 Å². The molecule has 0 atom stereocenters. The van der Waals surface area contributed by atoms with E-state index in [0.717, 1.165) is 37.6 Å². The van der Waals surface area contributed by atoms with E-state index < -0.39 is 0 Å². The van der Waals surface area contributed by atoms with Gasteiger partial charge in [-0.25, -0.2) is 0 Å². The van der Waals surface area contributed by atoms with Crippen LogP contribution in [0.3, 0.4) is 0 Å². The molecule has 0 radical (unpaired) electrons. The third-order valence-corrected chi connectivity index (χ3v) is 4.72. The highest BCUT2D eigenvalue weighted by Gasteiger charge is 2.01. The van der Waals surface area contributed by atoms with Crippen molar-refractivity contribution in [2.45, 2.75) is 118 Å². The van der Waals surface area contributed by atoms with Crippen LogP contribution in [0.25, 0.3) is 0 Å². The van der Waals surface area contributed by atoms with Crippen LogP contribution in [0.1, 0.15) is 118 Å². The molecule has 0 aromatic heterocycles. The van der Waals surface area contributed by atoms with Crippen LogP contribution < -0.4 is 5.32 Å². The fourth-order valence-corrected chi connectivity index (χ4v) is 3.07. The summed E-state index contributed by atoms with van der Waals surface area (Å²) in [6, 6.07) is 0. The van der Waals surface area contributed by atoms with Crippen LogP contribution in [0.5, 0.6) is 0 Å². The summed E-state index contributed by atoms with van der Waals surface area (Å²) in [5.74, 6) is 1.93. The zero-order valence-electron chi connectivity index (χ0n) is 17.2. The van der Waals surface area contributed by atoms with Gasteiger partial charge in [0.25, 0.3) is 0 Å². The van der Waals surface area contributed by atoms with E-state index in [0.29, 0.717) is 0 Å². The molecule has 0 saturated heterocycles. The topological polar surface area (TPSA) is 29.1 Å². The summed E-state index contributed by atoms with van der Waals surface area (Å²) >= 11 is 0. The maximum Gasteiger partial charge on any atom is 0.219 e. The molecule has 0 aliphatic rings. The SMILES string of the molecule is CC(C)CCCCCCCCCC(=O)NCCCCCCC(C)C. The molecule has 1 amide bonds. The fraction of sp³-hybridized carbons (Fsp3) is 0.955. The molecule has 0 fully saturated rings. The largest absolute Gasteiger partial charge is 0.356 e. The minimum absolute atomic E-state index is 0.258. The first-order chi connectivity index (χ1) is 11.5. The van der Waals surface area contributed by atoms with Gasteiger partial charge in [0.2, 0.25) is 5.91 Å². The first-order valence-corrected chi connectivity index (χ1v) is 10.8. The second kappa shape index (κ2) is 17.3. The molecule has 0 spiro atoms. The van der Waals surface area contributed by atoms with Crippen LogP contribution >= 0.6 is 0 Å². The molecule has 0 bridgehead atoms. The number of hydrogen-bond donors (Lipinski definition) is 1. The quantitative estimate of drug-likeness (QED) is 0.288. The van der Waals surface area contributed by atoms with Crippen molar-refractivity contribution in [2.24, 2.45) is 11.8 Å². The lowest BCUT2D eigenvalue weighted by molar-refractivity contribution is -0.121. The summed E-state index contributed by atoms with van der Waals surface area (Å²) in [5.41, 5.74) is 0. The van der Waals surface area contributed by atoms with E-state index in [1.54, 1.807) is 0 Å². The smallest absolute Gasteiger partial charge is 0.219 e. The Bertz CT molecular complexity index is 273. The van der Waals surface area contributed by atoms with Crippen molar-refractivity contribution in [3.05, 3.63) is 0 Å². The van der Waals surface area contributed by atoms with Crippen LogP contribution in [0, 0.1) is 11.8 Å². The zero-order chi connectivity index (χ0) is 18.0. The fourth-order valence-electron chi connectivity index (χ4n) is 3.07. The number of hydrogen-bond acceptors (Lipinski definition) is 1. The van der Waals surface area contributed by atoms with E-state index in [1.807, 2.05) is 0 Å². The predicted octanol–water partition coefficient (Wildman–Crippen LogP) is 6.88. The van der Waals surface area contributed by atoms with Gasteiger partial charge >= 0.3 is 0 Å². The molecule has 0 rings (SSSR count). The average molecular weight is 340 g/mol. The Morgan fingerprint density at radius 1 is 0.625 bits per heavy atom. The number of rotatable bonds is 17. The third-order valence-electron chi connectivity index (χ3n) is 4.72. The first kappa shape index (κ1) is 23.5. The van der Waals surface area contributed by atoms with Crippen LogP contribution in [0.2, 0.25) is 0 Å². The molecule has 2 heteroatoms. The molecule has 0 saturated carbocycles.